The van der Waals surface area contributed by atoms with E-state index in [1.54, 1.807) is 0 Å². The SMILES string of the molecule is Cc1ccc(C(C)Nc2ccc(Br)nc2)cc1C. The second-order valence-corrected chi connectivity index (χ2v) is 5.39. The molecule has 0 saturated heterocycles. The molecule has 1 unspecified atom stereocenters. The molecule has 1 atom stereocenters. The largest absolute Gasteiger partial charge is 0.377 e. The molecule has 0 radical (unpaired) electrons. The lowest BCUT2D eigenvalue weighted by molar-refractivity contribution is 0.879. The van der Waals surface area contributed by atoms with E-state index in [1.807, 2.05) is 18.3 Å². The number of nitrogens with one attached hydrogen (secondary N) is 1. The van der Waals surface area contributed by atoms with Crippen molar-refractivity contribution < 1.29 is 0 Å². The van der Waals surface area contributed by atoms with Crippen LogP contribution in [-0.2, 0) is 0 Å². The average Bonchev–Trinajstić information content (AvgIpc) is 2.35. The first-order chi connectivity index (χ1) is 8.56. The molecule has 0 saturated carbocycles. The lowest BCUT2D eigenvalue weighted by atomic mass is 10.0. The molecule has 0 fully saturated rings. The summed E-state index contributed by atoms with van der Waals surface area (Å²) in [5.74, 6) is 0. The number of nitrogens with zero attached hydrogens (tertiary/aromatic N) is 1. The third-order valence-electron chi connectivity index (χ3n) is 3.14. The van der Waals surface area contributed by atoms with Crippen molar-refractivity contribution in [2.75, 3.05) is 5.32 Å². The lowest BCUT2D eigenvalue weighted by Gasteiger charge is -2.16. The van der Waals surface area contributed by atoms with Gasteiger partial charge in [0.25, 0.3) is 0 Å². The van der Waals surface area contributed by atoms with E-state index in [1.165, 1.54) is 16.7 Å². The average molecular weight is 305 g/mol. The standard InChI is InChI=1S/C15H17BrN2/c1-10-4-5-13(8-11(10)2)12(3)18-14-6-7-15(16)17-9-14/h4-9,12,18H,1-3H3. The summed E-state index contributed by atoms with van der Waals surface area (Å²) in [5.41, 5.74) is 4.98. The van der Waals surface area contributed by atoms with Crippen molar-refractivity contribution in [1.82, 2.24) is 4.98 Å². The van der Waals surface area contributed by atoms with Crippen LogP contribution in [-0.4, -0.2) is 4.98 Å². The highest BCUT2D eigenvalue weighted by atomic mass is 79.9. The van der Waals surface area contributed by atoms with Crippen molar-refractivity contribution in [2.24, 2.45) is 0 Å². The molecule has 2 rings (SSSR count). The predicted octanol–water partition coefficient (Wildman–Crippen LogP) is 4.63. The summed E-state index contributed by atoms with van der Waals surface area (Å²) >= 11 is 3.34. The zero-order chi connectivity index (χ0) is 13.1. The van der Waals surface area contributed by atoms with Gasteiger partial charge in [-0.1, -0.05) is 18.2 Å². The first-order valence-corrected chi connectivity index (χ1v) is 6.81. The minimum atomic E-state index is 0.271. The van der Waals surface area contributed by atoms with Crippen LogP contribution in [0.3, 0.4) is 0 Å². The molecule has 1 heterocycles. The molecule has 0 bridgehead atoms. The number of pyridine rings is 1. The van der Waals surface area contributed by atoms with Crippen LogP contribution in [0.2, 0.25) is 0 Å². The van der Waals surface area contributed by atoms with Crippen molar-refractivity contribution in [3.05, 3.63) is 57.8 Å². The fourth-order valence-corrected chi connectivity index (χ4v) is 2.06. The number of aryl methyl sites for hydroxylation is 2. The molecule has 2 nitrogen and oxygen atoms in total. The summed E-state index contributed by atoms with van der Waals surface area (Å²) in [6.45, 7) is 6.44. The van der Waals surface area contributed by atoms with E-state index in [0.29, 0.717) is 0 Å². The maximum absolute atomic E-state index is 4.21. The van der Waals surface area contributed by atoms with Crippen LogP contribution in [0.4, 0.5) is 5.69 Å². The molecule has 2 aromatic rings. The summed E-state index contributed by atoms with van der Waals surface area (Å²) < 4.78 is 0.854. The molecule has 0 aliphatic rings. The van der Waals surface area contributed by atoms with Crippen LogP contribution in [0.25, 0.3) is 0 Å². The van der Waals surface area contributed by atoms with E-state index in [4.69, 9.17) is 0 Å². The van der Waals surface area contributed by atoms with Crippen LogP contribution >= 0.6 is 15.9 Å². The van der Waals surface area contributed by atoms with E-state index in [0.717, 1.165) is 10.3 Å². The van der Waals surface area contributed by atoms with Gasteiger partial charge in [0, 0.05) is 6.04 Å². The van der Waals surface area contributed by atoms with Gasteiger partial charge in [-0.15, -0.1) is 0 Å². The Morgan fingerprint density at radius 3 is 2.50 bits per heavy atom. The minimum Gasteiger partial charge on any atom is -0.377 e. The van der Waals surface area contributed by atoms with E-state index in [9.17, 15) is 0 Å². The van der Waals surface area contributed by atoms with E-state index in [-0.39, 0.29) is 6.04 Å². The molecule has 3 heteroatoms. The van der Waals surface area contributed by atoms with Gasteiger partial charge in [0.2, 0.25) is 0 Å². The molecule has 0 aliphatic carbocycles. The van der Waals surface area contributed by atoms with Crippen molar-refractivity contribution in [1.29, 1.82) is 0 Å². The van der Waals surface area contributed by atoms with E-state index < -0.39 is 0 Å². The van der Waals surface area contributed by atoms with Crippen molar-refractivity contribution >= 4 is 21.6 Å². The summed E-state index contributed by atoms with van der Waals surface area (Å²) in [4.78, 5) is 4.21. The highest BCUT2D eigenvalue weighted by Crippen LogP contribution is 2.21. The molecule has 1 aromatic heterocycles. The first-order valence-electron chi connectivity index (χ1n) is 6.01. The second-order valence-electron chi connectivity index (χ2n) is 4.58. The van der Waals surface area contributed by atoms with Gasteiger partial charge in [-0.3, -0.25) is 0 Å². The third-order valence-corrected chi connectivity index (χ3v) is 3.61. The molecule has 1 aromatic carbocycles. The zero-order valence-corrected chi connectivity index (χ0v) is 12.5. The molecule has 0 aliphatic heterocycles. The van der Waals surface area contributed by atoms with Crippen molar-refractivity contribution in [3.8, 4) is 0 Å². The van der Waals surface area contributed by atoms with Gasteiger partial charge in [-0.05, 0) is 65.5 Å². The fourth-order valence-electron chi connectivity index (χ4n) is 1.83. The van der Waals surface area contributed by atoms with Crippen molar-refractivity contribution in [3.63, 3.8) is 0 Å². The van der Waals surface area contributed by atoms with Crippen molar-refractivity contribution in [2.45, 2.75) is 26.8 Å². The number of hydrogen-bond acceptors (Lipinski definition) is 2. The summed E-state index contributed by atoms with van der Waals surface area (Å²) in [5, 5.41) is 3.45. The molecule has 1 N–H and O–H groups in total. The Kier molecular flexibility index (Phi) is 4.02. The highest BCUT2D eigenvalue weighted by Gasteiger charge is 2.06. The van der Waals surface area contributed by atoms with Gasteiger partial charge in [-0.25, -0.2) is 4.98 Å². The number of halogens is 1. The van der Waals surface area contributed by atoms with E-state index in [2.05, 4.69) is 65.2 Å². The number of hydrogen-bond donors (Lipinski definition) is 1. The van der Waals surface area contributed by atoms with Gasteiger partial charge in [0.1, 0.15) is 4.60 Å². The Morgan fingerprint density at radius 1 is 1.11 bits per heavy atom. The zero-order valence-electron chi connectivity index (χ0n) is 10.9. The van der Waals surface area contributed by atoms with Crippen LogP contribution in [0.5, 0.6) is 0 Å². The number of aromatic nitrogens is 1. The minimum absolute atomic E-state index is 0.271. The second kappa shape index (κ2) is 5.53. The van der Waals surface area contributed by atoms with Gasteiger partial charge in [0.05, 0.1) is 11.9 Å². The number of rotatable bonds is 3. The molecule has 18 heavy (non-hydrogen) atoms. The maximum atomic E-state index is 4.21. The molecular formula is C15H17BrN2. The predicted molar refractivity (Wildman–Crippen MR) is 79.9 cm³/mol. The van der Waals surface area contributed by atoms with Crippen LogP contribution in [0.1, 0.15) is 29.7 Å². The Balaban J connectivity index is 2.13. The van der Waals surface area contributed by atoms with Gasteiger partial charge < -0.3 is 5.32 Å². The van der Waals surface area contributed by atoms with Gasteiger partial charge in [-0.2, -0.15) is 0 Å². The number of benzene rings is 1. The fraction of sp³-hybridized carbons (Fsp3) is 0.267. The summed E-state index contributed by atoms with van der Waals surface area (Å²) in [6, 6.07) is 10.8. The lowest BCUT2D eigenvalue weighted by Crippen LogP contribution is -2.07. The quantitative estimate of drug-likeness (QED) is 0.836. The Bertz CT molecular complexity index is 535. The molecule has 0 spiro atoms. The third kappa shape index (κ3) is 3.10. The highest BCUT2D eigenvalue weighted by molar-refractivity contribution is 9.10. The number of anilines is 1. The normalized spacial score (nSPS) is 12.2. The van der Waals surface area contributed by atoms with Crippen LogP contribution < -0.4 is 5.32 Å². The van der Waals surface area contributed by atoms with Crippen LogP contribution in [0.15, 0.2) is 41.1 Å². The first kappa shape index (κ1) is 13.1. The molecule has 0 amide bonds. The van der Waals surface area contributed by atoms with Crippen LogP contribution in [0, 0.1) is 13.8 Å². The van der Waals surface area contributed by atoms with E-state index >= 15 is 0 Å². The summed E-state index contributed by atoms with van der Waals surface area (Å²) in [7, 11) is 0. The maximum Gasteiger partial charge on any atom is 0.106 e. The Morgan fingerprint density at radius 2 is 1.89 bits per heavy atom. The van der Waals surface area contributed by atoms with Gasteiger partial charge >= 0.3 is 0 Å². The smallest absolute Gasteiger partial charge is 0.106 e. The monoisotopic (exact) mass is 304 g/mol. The molecule has 94 valence electrons. The molecular weight excluding hydrogens is 288 g/mol. The Labute approximate surface area is 117 Å². The summed E-state index contributed by atoms with van der Waals surface area (Å²) in [6.07, 6.45) is 1.83. The topological polar surface area (TPSA) is 24.9 Å². The Hall–Kier alpha value is -1.35. The van der Waals surface area contributed by atoms with Gasteiger partial charge in [0.15, 0.2) is 0 Å².